The van der Waals surface area contributed by atoms with Crippen LogP contribution in [0.15, 0.2) is 24.3 Å². The van der Waals surface area contributed by atoms with Gasteiger partial charge in [-0.05, 0) is 44.8 Å². The highest BCUT2D eigenvalue weighted by molar-refractivity contribution is 5.30. The van der Waals surface area contributed by atoms with Gasteiger partial charge in [-0.1, -0.05) is 34.6 Å². The summed E-state index contributed by atoms with van der Waals surface area (Å²) in [5, 5.41) is 40.1. The molecule has 3 atom stereocenters. The molecule has 0 aliphatic carbocycles. The highest BCUT2D eigenvalue weighted by atomic mass is 16.7. The highest BCUT2D eigenvalue weighted by Crippen LogP contribution is 2.19. The van der Waals surface area contributed by atoms with Crippen LogP contribution in [0.25, 0.3) is 0 Å². The fraction of sp³-hybridized carbons (Fsp3) is 0.714. The maximum Gasteiger partial charge on any atom is 0.209 e. The zero-order valence-corrected chi connectivity index (χ0v) is 19.5. The number of rotatable bonds is 11. The fourth-order valence-corrected chi connectivity index (χ4v) is 1.76. The molecule has 0 saturated carbocycles. The topological polar surface area (TPSA) is 147 Å². The van der Waals surface area contributed by atoms with Gasteiger partial charge in [-0.15, -0.1) is 0 Å². The molecule has 7 N–H and O–H groups in total. The van der Waals surface area contributed by atoms with Gasteiger partial charge in [-0.3, -0.25) is 0 Å². The Labute approximate surface area is 181 Å². The third kappa shape index (κ3) is 17.4. The number of ether oxygens (including phenoxy) is 3. The van der Waals surface area contributed by atoms with Gasteiger partial charge in [0.05, 0.1) is 13.2 Å². The Bertz CT molecular complexity index is 447. The van der Waals surface area contributed by atoms with Gasteiger partial charge in [0.25, 0.3) is 0 Å². The molecule has 0 spiro atoms. The summed E-state index contributed by atoms with van der Waals surface area (Å²) in [4.78, 5) is 0. The molecule has 9 heteroatoms. The minimum absolute atomic E-state index is 0.112. The summed E-state index contributed by atoms with van der Waals surface area (Å²) in [6, 6.07) is 6.08. The molecule has 0 aromatic heterocycles. The van der Waals surface area contributed by atoms with E-state index < -0.39 is 31.4 Å². The van der Waals surface area contributed by atoms with E-state index in [4.69, 9.17) is 19.9 Å². The lowest BCUT2D eigenvalue weighted by Crippen LogP contribution is -2.43. The number of hydrogen-bond donors (Lipinski definition) is 6. The summed E-state index contributed by atoms with van der Waals surface area (Å²) in [7, 11) is 1.73. The lowest BCUT2D eigenvalue weighted by Gasteiger charge is -2.29. The number of aliphatic hydroxyl groups is 3. The normalized spacial score (nSPS) is 12.8. The predicted molar refractivity (Wildman–Crippen MR) is 119 cm³/mol. The van der Waals surface area contributed by atoms with Gasteiger partial charge in [0.1, 0.15) is 23.7 Å². The highest BCUT2D eigenvalue weighted by Gasteiger charge is 2.27. The van der Waals surface area contributed by atoms with Crippen LogP contribution >= 0.6 is 0 Å². The Morgan fingerprint density at radius 2 is 1.57 bits per heavy atom. The van der Waals surface area contributed by atoms with Gasteiger partial charge < -0.3 is 45.7 Å². The molecule has 9 nitrogen and oxygen atoms in total. The molecule has 0 aliphatic rings. The average molecular weight is 437 g/mol. The van der Waals surface area contributed by atoms with Gasteiger partial charge in [0.15, 0.2) is 0 Å². The summed E-state index contributed by atoms with van der Waals surface area (Å²) in [6.07, 6.45) is -4.56. The van der Waals surface area contributed by atoms with Crippen molar-refractivity contribution in [3.8, 4) is 11.5 Å². The Kier molecular flexibility index (Phi) is 26.3. The summed E-state index contributed by atoms with van der Waals surface area (Å²) in [5.74, 6) is 0.593. The third-order valence-corrected chi connectivity index (χ3v) is 3.05. The molecule has 1 rings (SSSR count). The smallest absolute Gasteiger partial charge is 0.209 e. The van der Waals surface area contributed by atoms with E-state index in [9.17, 15) is 20.4 Å². The Balaban J connectivity index is -0.000000926. The van der Waals surface area contributed by atoms with Crippen LogP contribution in [0.3, 0.4) is 0 Å². The first kappa shape index (κ1) is 33.2. The van der Waals surface area contributed by atoms with Gasteiger partial charge in [0.2, 0.25) is 12.6 Å². The average Bonchev–Trinajstić information content (AvgIpc) is 2.75. The van der Waals surface area contributed by atoms with Crippen molar-refractivity contribution in [1.29, 1.82) is 0 Å². The molecule has 1 aromatic rings. The lowest BCUT2D eigenvalue weighted by molar-refractivity contribution is -0.278. The van der Waals surface area contributed by atoms with Crippen LogP contribution in [0.4, 0.5) is 0 Å². The SMILES string of the molecule is CC.CC.CCN.CNCCOC(OC(CO)C(C)Oc1ccc(O)cc1)C(O)O. The lowest BCUT2D eigenvalue weighted by atomic mass is 10.2. The molecule has 0 aliphatic heterocycles. The number of aromatic hydroxyl groups is 1. The Morgan fingerprint density at radius 3 is 1.97 bits per heavy atom. The first-order valence-corrected chi connectivity index (χ1v) is 10.4. The molecule has 1 aromatic carbocycles. The maximum absolute atomic E-state index is 9.44. The molecule has 0 saturated heterocycles. The molecule has 3 unspecified atom stereocenters. The molecule has 180 valence electrons. The van der Waals surface area contributed by atoms with E-state index in [0.717, 1.165) is 6.54 Å². The van der Waals surface area contributed by atoms with E-state index >= 15 is 0 Å². The van der Waals surface area contributed by atoms with E-state index in [1.807, 2.05) is 34.6 Å². The summed E-state index contributed by atoms with van der Waals surface area (Å²) < 4.78 is 16.2. The Hall–Kier alpha value is -1.46. The standard InChI is InChI=1S/C15H25NO7.C2H7N.2C2H6/c1-10(22-12-5-3-11(18)4-6-12)13(9-17)23-15(14(19)20)21-8-7-16-2;1-2-3;2*1-2/h3-6,10,13-20H,7-9H2,1-2H3;2-3H2,1H3;2*1-2H3. The second-order valence-electron chi connectivity index (χ2n) is 5.34. The first-order valence-electron chi connectivity index (χ1n) is 10.4. The van der Waals surface area contributed by atoms with E-state index in [0.29, 0.717) is 12.3 Å². The predicted octanol–water partition coefficient (Wildman–Crippen LogP) is 1.43. The van der Waals surface area contributed by atoms with Crippen LogP contribution in [-0.2, 0) is 9.47 Å². The zero-order valence-electron chi connectivity index (χ0n) is 19.5. The fourth-order valence-electron chi connectivity index (χ4n) is 1.76. The van der Waals surface area contributed by atoms with Crippen LogP contribution in [0.5, 0.6) is 11.5 Å². The molecule has 0 radical (unpaired) electrons. The number of nitrogens with two attached hydrogens (primary N) is 1. The first-order chi connectivity index (χ1) is 14.4. The molecule has 0 amide bonds. The van der Waals surface area contributed by atoms with E-state index in [1.165, 1.54) is 12.1 Å². The van der Waals surface area contributed by atoms with Gasteiger partial charge in [-0.2, -0.15) is 0 Å². The molecule has 0 heterocycles. The molecule has 0 fully saturated rings. The zero-order chi connectivity index (χ0) is 23.9. The van der Waals surface area contributed by atoms with Gasteiger partial charge in [0, 0.05) is 6.54 Å². The monoisotopic (exact) mass is 436 g/mol. The number of benzene rings is 1. The van der Waals surface area contributed by atoms with Gasteiger partial charge in [-0.25, -0.2) is 0 Å². The number of nitrogens with one attached hydrogen (secondary N) is 1. The van der Waals surface area contributed by atoms with Crippen LogP contribution in [-0.4, -0.2) is 78.6 Å². The van der Waals surface area contributed by atoms with Crippen LogP contribution in [0.2, 0.25) is 0 Å². The van der Waals surface area contributed by atoms with Gasteiger partial charge >= 0.3 is 0 Å². The largest absolute Gasteiger partial charge is 0.508 e. The van der Waals surface area contributed by atoms with Crippen molar-refractivity contribution in [3.05, 3.63) is 24.3 Å². The third-order valence-electron chi connectivity index (χ3n) is 3.05. The quantitative estimate of drug-likeness (QED) is 0.224. The van der Waals surface area contributed by atoms with Crippen molar-refractivity contribution < 1.29 is 34.6 Å². The minimum Gasteiger partial charge on any atom is -0.508 e. The number of hydrogen-bond acceptors (Lipinski definition) is 9. The van der Waals surface area contributed by atoms with Crippen molar-refractivity contribution >= 4 is 0 Å². The van der Waals surface area contributed by atoms with Crippen LogP contribution in [0.1, 0.15) is 41.5 Å². The van der Waals surface area contributed by atoms with E-state index in [2.05, 4.69) is 5.32 Å². The number of phenols is 1. The van der Waals surface area contributed by atoms with Crippen LogP contribution in [0, 0.1) is 0 Å². The van der Waals surface area contributed by atoms with Crippen molar-refractivity contribution in [2.75, 3.05) is 33.4 Å². The van der Waals surface area contributed by atoms with Crippen molar-refractivity contribution in [2.45, 2.75) is 66.3 Å². The number of aliphatic hydroxyl groups excluding tert-OH is 2. The molecular formula is C21H44N2O7. The minimum atomic E-state index is -1.85. The van der Waals surface area contributed by atoms with Crippen molar-refractivity contribution in [1.82, 2.24) is 5.32 Å². The van der Waals surface area contributed by atoms with Crippen LogP contribution < -0.4 is 15.8 Å². The van der Waals surface area contributed by atoms with Crippen molar-refractivity contribution in [2.24, 2.45) is 5.73 Å². The molecular weight excluding hydrogens is 392 g/mol. The van der Waals surface area contributed by atoms with E-state index in [-0.39, 0.29) is 12.4 Å². The summed E-state index contributed by atoms with van der Waals surface area (Å²) in [6.45, 7) is 12.7. The van der Waals surface area contributed by atoms with Crippen molar-refractivity contribution in [3.63, 3.8) is 0 Å². The number of likely N-dealkylation sites (N-methyl/N-ethyl adjacent to an activating group) is 1. The second-order valence-corrected chi connectivity index (χ2v) is 5.34. The summed E-state index contributed by atoms with van der Waals surface area (Å²) >= 11 is 0. The summed E-state index contributed by atoms with van der Waals surface area (Å²) in [5.41, 5.74) is 4.85. The Morgan fingerprint density at radius 1 is 1.07 bits per heavy atom. The second kappa shape index (κ2) is 23.8. The molecule has 0 bridgehead atoms. The molecule has 30 heavy (non-hydrogen) atoms. The van der Waals surface area contributed by atoms with E-state index in [1.54, 1.807) is 26.1 Å². The maximum atomic E-state index is 9.44. The number of phenolic OH excluding ortho intramolecular Hbond substituents is 1.